The van der Waals surface area contributed by atoms with Gasteiger partial charge in [0.15, 0.2) is 5.78 Å². The van der Waals surface area contributed by atoms with Gasteiger partial charge in [-0.3, -0.25) is 9.36 Å². The maximum atomic E-state index is 12.4. The smallest absolute Gasteiger partial charge is 0.326 e. The molecular formula is C21H24ClN3O3. The van der Waals surface area contributed by atoms with E-state index in [9.17, 15) is 14.7 Å². The zero-order chi connectivity index (χ0) is 20.1. The van der Waals surface area contributed by atoms with Crippen LogP contribution in [0.4, 0.5) is 0 Å². The van der Waals surface area contributed by atoms with E-state index in [1.54, 1.807) is 37.4 Å². The second kappa shape index (κ2) is 9.08. The number of carbonyl (C=O) groups is 1. The Balaban J connectivity index is 1.38. The topological polar surface area (TPSA) is 87.1 Å². The molecule has 0 bridgehead atoms. The fourth-order valence-electron chi connectivity index (χ4n) is 3.16. The summed E-state index contributed by atoms with van der Waals surface area (Å²) in [4.78, 5) is 26.8. The number of hydrogen-bond donors (Lipinski definition) is 3. The number of aromatic amines is 1. The maximum absolute atomic E-state index is 12.4. The van der Waals surface area contributed by atoms with E-state index in [4.69, 9.17) is 11.6 Å². The minimum Gasteiger partial charge on any atom is -0.508 e. The first-order valence-corrected chi connectivity index (χ1v) is 9.73. The van der Waals surface area contributed by atoms with Gasteiger partial charge in [-0.25, -0.2) is 4.79 Å². The lowest BCUT2D eigenvalue weighted by molar-refractivity contribution is 0.0979. The number of H-pyrrole nitrogens is 1. The summed E-state index contributed by atoms with van der Waals surface area (Å²) in [6.07, 6.45) is 2.97. The number of phenols is 1. The van der Waals surface area contributed by atoms with Crippen LogP contribution in [0.3, 0.4) is 0 Å². The van der Waals surface area contributed by atoms with Crippen LogP contribution in [0, 0.1) is 0 Å². The molecule has 28 heavy (non-hydrogen) atoms. The van der Waals surface area contributed by atoms with Gasteiger partial charge in [0, 0.05) is 24.1 Å². The number of fused-ring (bicyclic) bond motifs is 1. The van der Waals surface area contributed by atoms with Crippen molar-refractivity contribution in [3.8, 4) is 5.75 Å². The first-order valence-electron chi connectivity index (χ1n) is 9.36. The number of aromatic hydroxyl groups is 1. The number of Topliss-reactive ketones (excluding diaryl/α,β-unsaturated/α-hetero) is 1. The normalized spacial score (nSPS) is 11.2. The summed E-state index contributed by atoms with van der Waals surface area (Å²) in [5.41, 5.74) is 2.93. The number of rotatable bonds is 9. The Bertz CT molecular complexity index is 1040. The van der Waals surface area contributed by atoms with Gasteiger partial charge >= 0.3 is 5.69 Å². The predicted molar refractivity (Wildman–Crippen MR) is 111 cm³/mol. The molecule has 148 valence electrons. The summed E-state index contributed by atoms with van der Waals surface area (Å²) in [7, 11) is 1.69. The van der Waals surface area contributed by atoms with Crippen molar-refractivity contribution in [1.29, 1.82) is 0 Å². The Hall–Kier alpha value is -2.57. The molecule has 0 amide bonds. The number of halogens is 1. The number of nitrogens with one attached hydrogen (secondary N) is 2. The number of aromatic nitrogens is 2. The number of aryl methyl sites for hydroxylation is 1. The monoisotopic (exact) mass is 401 g/mol. The number of unbranched alkanes of at least 4 members (excludes halogenated alkanes) is 1. The number of nitrogens with zero attached hydrogens (tertiary/aromatic N) is 1. The van der Waals surface area contributed by atoms with E-state index >= 15 is 0 Å². The number of carbonyl (C=O) groups excluding carboxylic acids is 1. The summed E-state index contributed by atoms with van der Waals surface area (Å²) < 4.78 is 1.51. The van der Waals surface area contributed by atoms with Crippen LogP contribution in [-0.2, 0) is 13.5 Å². The second-order valence-electron chi connectivity index (χ2n) is 6.88. The van der Waals surface area contributed by atoms with Crippen LogP contribution in [-0.4, -0.2) is 33.5 Å². The molecule has 3 aromatic rings. The third kappa shape index (κ3) is 4.82. The molecule has 0 fully saturated rings. The van der Waals surface area contributed by atoms with Gasteiger partial charge in [-0.15, -0.1) is 0 Å². The average molecular weight is 402 g/mol. The molecule has 0 aliphatic heterocycles. The highest BCUT2D eigenvalue weighted by molar-refractivity contribution is 6.31. The molecule has 2 aromatic carbocycles. The van der Waals surface area contributed by atoms with Gasteiger partial charge in [0.2, 0.25) is 0 Å². The minimum absolute atomic E-state index is 0.0893. The van der Waals surface area contributed by atoms with Crippen LogP contribution < -0.4 is 11.0 Å². The molecule has 6 nitrogen and oxygen atoms in total. The molecule has 0 spiro atoms. The summed E-state index contributed by atoms with van der Waals surface area (Å²) in [5.74, 6) is 0.260. The van der Waals surface area contributed by atoms with E-state index in [-0.39, 0.29) is 17.2 Å². The molecule has 3 rings (SSSR count). The summed E-state index contributed by atoms with van der Waals surface area (Å²) in [6.45, 7) is 1.62. The Kier molecular flexibility index (Phi) is 6.54. The lowest BCUT2D eigenvalue weighted by atomic mass is 10.0. The minimum atomic E-state index is -0.181. The number of hydrogen-bond acceptors (Lipinski definition) is 4. The molecule has 3 N–H and O–H groups in total. The van der Waals surface area contributed by atoms with Crippen LogP contribution in [0.15, 0.2) is 41.2 Å². The summed E-state index contributed by atoms with van der Waals surface area (Å²) in [5, 5.41) is 13.3. The van der Waals surface area contributed by atoms with Crippen molar-refractivity contribution in [3.63, 3.8) is 0 Å². The van der Waals surface area contributed by atoms with Crippen LogP contribution in [0.1, 0.15) is 35.2 Å². The molecule has 1 heterocycles. The highest BCUT2D eigenvalue weighted by Crippen LogP contribution is 2.21. The summed E-state index contributed by atoms with van der Waals surface area (Å²) >= 11 is 6.09. The Morgan fingerprint density at radius 1 is 1.18 bits per heavy atom. The van der Waals surface area contributed by atoms with Crippen molar-refractivity contribution < 1.29 is 9.90 Å². The van der Waals surface area contributed by atoms with E-state index < -0.39 is 0 Å². The predicted octanol–water partition coefficient (Wildman–Crippen LogP) is 3.41. The van der Waals surface area contributed by atoms with Gasteiger partial charge in [0.25, 0.3) is 0 Å². The van der Waals surface area contributed by atoms with Crippen LogP contribution in [0.25, 0.3) is 11.0 Å². The van der Waals surface area contributed by atoms with Crippen LogP contribution in [0.5, 0.6) is 5.75 Å². The van der Waals surface area contributed by atoms with Gasteiger partial charge in [0.05, 0.1) is 11.0 Å². The average Bonchev–Trinajstić information content (AvgIpc) is 2.96. The number of ketones is 1. The molecule has 7 heteroatoms. The molecule has 0 radical (unpaired) electrons. The molecule has 1 aromatic heterocycles. The fourth-order valence-corrected chi connectivity index (χ4v) is 3.43. The van der Waals surface area contributed by atoms with Gasteiger partial charge < -0.3 is 15.4 Å². The quantitative estimate of drug-likeness (QED) is 0.379. The molecule has 0 unspecified atom stereocenters. The van der Waals surface area contributed by atoms with E-state index in [1.165, 1.54) is 4.57 Å². The molecule has 0 aliphatic carbocycles. The van der Waals surface area contributed by atoms with E-state index in [2.05, 4.69) is 10.3 Å². The van der Waals surface area contributed by atoms with E-state index in [1.807, 2.05) is 6.07 Å². The van der Waals surface area contributed by atoms with Gasteiger partial charge in [-0.05, 0) is 68.2 Å². The first kappa shape index (κ1) is 20.2. The fraction of sp³-hybridized carbons (Fsp3) is 0.333. The summed E-state index contributed by atoms with van der Waals surface area (Å²) in [6, 6.07) is 10.3. The largest absolute Gasteiger partial charge is 0.508 e. The van der Waals surface area contributed by atoms with Crippen molar-refractivity contribution in [2.75, 3.05) is 13.1 Å². The van der Waals surface area contributed by atoms with Gasteiger partial charge in [-0.2, -0.15) is 0 Å². The molecule has 0 aliphatic rings. The van der Waals surface area contributed by atoms with E-state index in [0.717, 1.165) is 48.9 Å². The Morgan fingerprint density at radius 2 is 2.00 bits per heavy atom. The Morgan fingerprint density at radius 3 is 2.79 bits per heavy atom. The Labute approximate surface area is 168 Å². The molecular weight excluding hydrogens is 378 g/mol. The molecule has 0 atom stereocenters. The van der Waals surface area contributed by atoms with Gasteiger partial charge in [-0.1, -0.05) is 17.7 Å². The van der Waals surface area contributed by atoms with E-state index in [0.29, 0.717) is 17.0 Å². The highest BCUT2D eigenvalue weighted by atomic mass is 35.5. The lowest BCUT2D eigenvalue weighted by Crippen LogP contribution is -2.18. The van der Waals surface area contributed by atoms with Crippen LogP contribution in [0.2, 0.25) is 5.02 Å². The van der Waals surface area contributed by atoms with Crippen molar-refractivity contribution in [2.24, 2.45) is 7.05 Å². The number of phenolic OH excluding ortho intramolecular Hbond substituents is 1. The standard InChI is InChI=1S/C21H24ClN3O3/c1-25-19-12-15(6-8-18(19)24-21(25)28)20(27)4-2-3-10-23-11-9-14-5-7-16(26)13-17(14)22/h5-8,12-13,23,26H,2-4,9-11H2,1H3,(H,24,28). The van der Waals surface area contributed by atoms with Gasteiger partial charge in [0.1, 0.15) is 5.75 Å². The first-order chi connectivity index (χ1) is 13.5. The van der Waals surface area contributed by atoms with Crippen LogP contribution >= 0.6 is 11.6 Å². The van der Waals surface area contributed by atoms with Crippen molar-refractivity contribution in [2.45, 2.75) is 25.7 Å². The maximum Gasteiger partial charge on any atom is 0.326 e. The lowest BCUT2D eigenvalue weighted by Gasteiger charge is -2.07. The number of imidazole rings is 1. The van der Waals surface area contributed by atoms with Crippen molar-refractivity contribution in [3.05, 3.63) is 63.0 Å². The molecule has 0 saturated heterocycles. The second-order valence-corrected chi connectivity index (χ2v) is 7.28. The third-order valence-corrected chi connectivity index (χ3v) is 5.19. The molecule has 0 saturated carbocycles. The van der Waals surface area contributed by atoms with Crippen molar-refractivity contribution in [1.82, 2.24) is 14.9 Å². The zero-order valence-corrected chi connectivity index (χ0v) is 16.6. The van der Waals surface area contributed by atoms with Crippen molar-refractivity contribution >= 4 is 28.4 Å². The SMILES string of the molecule is Cn1c(=O)[nH]c2ccc(C(=O)CCCCNCCc3ccc(O)cc3Cl)cc21. The highest BCUT2D eigenvalue weighted by Gasteiger charge is 2.09. The third-order valence-electron chi connectivity index (χ3n) is 4.84. The zero-order valence-electron chi connectivity index (χ0n) is 15.8. The number of benzene rings is 2.